The average Bonchev–Trinajstić information content (AvgIpc) is 2.67. The number of nitrogens with zero attached hydrogens (tertiary/aromatic N) is 2. The van der Waals surface area contributed by atoms with E-state index in [1.807, 2.05) is 48.5 Å². The molecule has 0 aliphatic carbocycles. The first kappa shape index (κ1) is 17.7. The maximum atomic E-state index is 12.1. The fourth-order valence-corrected chi connectivity index (χ4v) is 2.52. The molecule has 0 aliphatic rings. The van der Waals surface area contributed by atoms with Gasteiger partial charge in [-0.3, -0.25) is 4.79 Å². The van der Waals surface area contributed by atoms with Gasteiger partial charge >= 0.3 is 0 Å². The van der Waals surface area contributed by atoms with E-state index in [-0.39, 0.29) is 5.91 Å². The third kappa shape index (κ3) is 4.69. The summed E-state index contributed by atoms with van der Waals surface area (Å²) in [6.07, 6.45) is 2.83. The Morgan fingerprint density at radius 3 is 2.69 bits per heavy atom. The summed E-state index contributed by atoms with van der Waals surface area (Å²) in [5, 5.41) is 7.03. The van der Waals surface area contributed by atoms with Gasteiger partial charge in [0.15, 0.2) is 0 Å². The number of carbonyl (C=O) groups is 1. The Hall–Kier alpha value is -3.15. The first-order valence-electron chi connectivity index (χ1n) is 8.72. The Morgan fingerprint density at radius 1 is 1.08 bits per heavy atom. The van der Waals surface area contributed by atoms with Crippen LogP contribution in [0.4, 0.5) is 11.5 Å². The number of aromatic nitrogens is 2. The third-order valence-electron chi connectivity index (χ3n) is 3.80. The van der Waals surface area contributed by atoms with E-state index in [1.165, 1.54) is 6.33 Å². The molecule has 1 amide bonds. The number of rotatable bonds is 8. The molecule has 6 nitrogen and oxygen atoms in total. The van der Waals surface area contributed by atoms with Crippen molar-refractivity contribution < 1.29 is 9.53 Å². The van der Waals surface area contributed by atoms with Gasteiger partial charge in [-0.2, -0.15) is 0 Å². The molecule has 1 aromatic heterocycles. The number of fused-ring (bicyclic) bond motifs is 1. The summed E-state index contributed by atoms with van der Waals surface area (Å²) < 4.78 is 5.53. The van der Waals surface area contributed by atoms with Gasteiger partial charge in [-0.15, -0.1) is 0 Å². The minimum absolute atomic E-state index is 0.0573. The van der Waals surface area contributed by atoms with Crippen molar-refractivity contribution in [3.63, 3.8) is 0 Å². The van der Waals surface area contributed by atoms with Crippen LogP contribution in [0.5, 0.6) is 5.75 Å². The molecule has 0 fully saturated rings. The normalized spacial score (nSPS) is 10.5. The van der Waals surface area contributed by atoms with Crippen LogP contribution in [0.25, 0.3) is 10.9 Å². The van der Waals surface area contributed by atoms with Crippen molar-refractivity contribution in [1.82, 2.24) is 9.97 Å². The lowest BCUT2D eigenvalue weighted by atomic mass is 10.2. The second kappa shape index (κ2) is 8.80. The molecule has 3 aromatic rings. The molecule has 0 saturated carbocycles. The van der Waals surface area contributed by atoms with Crippen molar-refractivity contribution in [3.8, 4) is 5.75 Å². The van der Waals surface area contributed by atoms with Gasteiger partial charge in [0, 0.05) is 24.0 Å². The predicted octanol–water partition coefficient (Wildman–Crippen LogP) is 3.86. The maximum absolute atomic E-state index is 12.1. The number of hydrogen-bond donors (Lipinski definition) is 2. The third-order valence-corrected chi connectivity index (χ3v) is 3.80. The molecule has 0 unspecified atom stereocenters. The van der Waals surface area contributed by atoms with E-state index in [4.69, 9.17) is 4.74 Å². The van der Waals surface area contributed by atoms with Crippen LogP contribution in [0.15, 0.2) is 54.9 Å². The van der Waals surface area contributed by atoms with E-state index < -0.39 is 0 Å². The molecule has 0 radical (unpaired) electrons. The number of carbonyl (C=O) groups excluding carboxylic acids is 1. The van der Waals surface area contributed by atoms with E-state index in [0.29, 0.717) is 19.6 Å². The summed E-state index contributed by atoms with van der Waals surface area (Å²) in [6.45, 7) is 3.24. The SMILES string of the molecule is CCCOc1ccc(NC(=O)CCNc2ncnc3ccccc23)cc1. The lowest BCUT2D eigenvalue weighted by Crippen LogP contribution is -2.16. The summed E-state index contributed by atoms with van der Waals surface area (Å²) >= 11 is 0. The predicted molar refractivity (Wildman–Crippen MR) is 104 cm³/mol. The van der Waals surface area contributed by atoms with Crippen LogP contribution in [-0.2, 0) is 4.79 Å². The topological polar surface area (TPSA) is 76.1 Å². The van der Waals surface area contributed by atoms with E-state index >= 15 is 0 Å². The molecule has 0 atom stereocenters. The Labute approximate surface area is 152 Å². The van der Waals surface area contributed by atoms with Crippen molar-refractivity contribution in [2.45, 2.75) is 19.8 Å². The Bertz CT molecular complexity index is 860. The number of nitrogens with one attached hydrogen (secondary N) is 2. The standard InChI is InChI=1S/C20H22N4O2/c1-2-13-26-16-9-7-15(8-10-16)24-19(25)11-12-21-20-17-5-3-4-6-18(17)22-14-23-20/h3-10,14H,2,11-13H2,1H3,(H,24,25)(H,21,22,23). The molecule has 26 heavy (non-hydrogen) atoms. The van der Waals surface area contributed by atoms with Crippen LogP contribution in [0, 0.1) is 0 Å². The van der Waals surface area contributed by atoms with Crippen LogP contribution in [0.2, 0.25) is 0 Å². The highest BCUT2D eigenvalue weighted by molar-refractivity contribution is 5.92. The molecule has 2 N–H and O–H groups in total. The molecule has 0 saturated heterocycles. The Kier molecular flexibility index (Phi) is 5.98. The number of para-hydroxylation sites is 1. The maximum Gasteiger partial charge on any atom is 0.226 e. The zero-order valence-electron chi connectivity index (χ0n) is 14.7. The van der Waals surface area contributed by atoms with Crippen LogP contribution in [-0.4, -0.2) is 29.0 Å². The first-order valence-corrected chi connectivity index (χ1v) is 8.72. The molecular formula is C20H22N4O2. The monoisotopic (exact) mass is 350 g/mol. The molecule has 1 heterocycles. The van der Waals surface area contributed by atoms with Gasteiger partial charge in [0.2, 0.25) is 5.91 Å². The van der Waals surface area contributed by atoms with E-state index in [1.54, 1.807) is 0 Å². The van der Waals surface area contributed by atoms with Crippen molar-refractivity contribution in [2.24, 2.45) is 0 Å². The largest absolute Gasteiger partial charge is 0.494 e. The molecule has 0 spiro atoms. The van der Waals surface area contributed by atoms with Gasteiger partial charge in [-0.05, 0) is 42.8 Å². The zero-order chi connectivity index (χ0) is 18.2. The molecule has 6 heteroatoms. The van der Waals surface area contributed by atoms with Gasteiger partial charge < -0.3 is 15.4 Å². The zero-order valence-corrected chi connectivity index (χ0v) is 14.7. The lowest BCUT2D eigenvalue weighted by Gasteiger charge is -2.09. The molecule has 2 aromatic carbocycles. The van der Waals surface area contributed by atoms with Crippen LogP contribution in [0.3, 0.4) is 0 Å². The smallest absolute Gasteiger partial charge is 0.226 e. The molecule has 134 valence electrons. The quantitative estimate of drug-likeness (QED) is 0.645. The number of hydrogen-bond acceptors (Lipinski definition) is 5. The highest BCUT2D eigenvalue weighted by Crippen LogP contribution is 2.18. The van der Waals surface area contributed by atoms with Crippen LogP contribution in [0.1, 0.15) is 19.8 Å². The average molecular weight is 350 g/mol. The van der Waals surface area contributed by atoms with Gasteiger partial charge in [-0.25, -0.2) is 9.97 Å². The van der Waals surface area contributed by atoms with Crippen LogP contribution < -0.4 is 15.4 Å². The molecular weight excluding hydrogens is 328 g/mol. The fourth-order valence-electron chi connectivity index (χ4n) is 2.52. The van der Waals surface area contributed by atoms with Gasteiger partial charge in [-0.1, -0.05) is 19.1 Å². The van der Waals surface area contributed by atoms with E-state index in [0.717, 1.165) is 34.6 Å². The Morgan fingerprint density at radius 2 is 1.88 bits per heavy atom. The number of ether oxygens (including phenoxy) is 1. The lowest BCUT2D eigenvalue weighted by molar-refractivity contribution is -0.115. The summed E-state index contributed by atoms with van der Waals surface area (Å²) in [5.41, 5.74) is 1.63. The highest BCUT2D eigenvalue weighted by atomic mass is 16.5. The summed E-state index contributed by atoms with van der Waals surface area (Å²) in [4.78, 5) is 20.6. The molecule has 0 bridgehead atoms. The van der Waals surface area contributed by atoms with Gasteiger partial charge in [0.1, 0.15) is 17.9 Å². The van der Waals surface area contributed by atoms with Gasteiger partial charge in [0.05, 0.1) is 12.1 Å². The Balaban J connectivity index is 1.49. The van der Waals surface area contributed by atoms with Crippen molar-refractivity contribution >= 4 is 28.3 Å². The fraction of sp³-hybridized carbons (Fsp3) is 0.250. The summed E-state index contributed by atoms with van der Waals surface area (Å²) in [7, 11) is 0. The number of benzene rings is 2. The molecule has 3 rings (SSSR count). The second-order valence-electron chi connectivity index (χ2n) is 5.84. The summed E-state index contributed by atoms with van der Waals surface area (Å²) in [5.74, 6) is 1.49. The molecule has 0 aliphatic heterocycles. The van der Waals surface area contributed by atoms with E-state index in [9.17, 15) is 4.79 Å². The number of anilines is 2. The van der Waals surface area contributed by atoms with Crippen molar-refractivity contribution in [3.05, 3.63) is 54.9 Å². The first-order chi connectivity index (χ1) is 12.8. The van der Waals surface area contributed by atoms with Gasteiger partial charge in [0.25, 0.3) is 0 Å². The summed E-state index contributed by atoms with van der Waals surface area (Å²) in [6, 6.07) is 15.2. The second-order valence-corrected chi connectivity index (χ2v) is 5.84. The van der Waals surface area contributed by atoms with E-state index in [2.05, 4.69) is 27.5 Å². The van der Waals surface area contributed by atoms with Crippen molar-refractivity contribution in [2.75, 3.05) is 23.8 Å². The van der Waals surface area contributed by atoms with Crippen molar-refractivity contribution in [1.29, 1.82) is 0 Å². The number of amides is 1. The highest BCUT2D eigenvalue weighted by Gasteiger charge is 2.05. The van der Waals surface area contributed by atoms with Crippen LogP contribution >= 0.6 is 0 Å². The minimum Gasteiger partial charge on any atom is -0.494 e. The minimum atomic E-state index is -0.0573.